The number of carbonyl (C=O) groups is 2. The number of pyridine rings is 1. The molecular weight excluding hydrogens is 376 g/mol. The Morgan fingerprint density at radius 3 is 2.63 bits per heavy atom. The van der Waals surface area contributed by atoms with Crippen LogP contribution in [0.25, 0.3) is 10.9 Å². The number of rotatable bonds is 4. The van der Waals surface area contributed by atoms with Gasteiger partial charge in [0.2, 0.25) is 0 Å². The van der Waals surface area contributed by atoms with Crippen molar-refractivity contribution in [2.45, 2.75) is 33.2 Å². The van der Waals surface area contributed by atoms with Crippen molar-refractivity contribution in [2.24, 2.45) is 0 Å². The Morgan fingerprint density at radius 1 is 1.03 bits per heavy atom. The molecule has 6 nitrogen and oxygen atoms in total. The van der Waals surface area contributed by atoms with E-state index in [-0.39, 0.29) is 11.9 Å². The van der Waals surface area contributed by atoms with Crippen molar-refractivity contribution in [3.05, 3.63) is 70.9 Å². The highest BCUT2D eigenvalue weighted by Crippen LogP contribution is 2.20. The van der Waals surface area contributed by atoms with E-state index in [2.05, 4.69) is 15.6 Å². The topological polar surface area (TPSA) is 74.3 Å². The molecule has 2 N–H and O–H groups in total. The van der Waals surface area contributed by atoms with Crippen molar-refractivity contribution in [2.75, 3.05) is 18.4 Å². The summed E-state index contributed by atoms with van der Waals surface area (Å²) in [7, 11) is 0. The zero-order valence-corrected chi connectivity index (χ0v) is 17.4. The van der Waals surface area contributed by atoms with Crippen LogP contribution in [0.2, 0.25) is 0 Å². The molecule has 0 aliphatic carbocycles. The summed E-state index contributed by atoms with van der Waals surface area (Å²) < 4.78 is 0. The molecule has 1 aliphatic heterocycles. The zero-order valence-electron chi connectivity index (χ0n) is 17.4. The maximum Gasteiger partial charge on any atom is 0.321 e. The third kappa shape index (κ3) is 4.43. The number of urea groups is 1. The number of hydrogen-bond acceptors (Lipinski definition) is 3. The van der Waals surface area contributed by atoms with Gasteiger partial charge in [-0.1, -0.05) is 23.8 Å². The van der Waals surface area contributed by atoms with Gasteiger partial charge in [0, 0.05) is 36.4 Å². The molecule has 1 aliphatic rings. The third-order valence-corrected chi connectivity index (χ3v) is 5.36. The summed E-state index contributed by atoms with van der Waals surface area (Å²) in [5.41, 5.74) is 5.00. The molecule has 1 fully saturated rings. The van der Waals surface area contributed by atoms with Gasteiger partial charge >= 0.3 is 6.03 Å². The number of nitrogens with one attached hydrogen (secondary N) is 2. The van der Waals surface area contributed by atoms with Crippen LogP contribution in [0.4, 0.5) is 10.5 Å². The first-order chi connectivity index (χ1) is 14.5. The fourth-order valence-corrected chi connectivity index (χ4v) is 3.82. The Bertz CT molecular complexity index is 1100. The molecule has 4 rings (SSSR count). The molecule has 2 heterocycles. The molecule has 0 radical (unpaired) electrons. The maximum atomic E-state index is 12.9. The van der Waals surface area contributed by atoms with Crippen LogP contribution in [-0.2, 0) is 6.54 Å². The third-order valence-electron chi connectivity index (χ3n) is 5.36. The van der Waals surface area contributed by atoms with Gasteiger partial charge < -0.3 is 15.5 Å². The highest BCUT2D eigenvalue weighted by molar-refractivity contribution is 6.06. The Balaban J connectivity index is 1.46. The molecule has 0 unspecified atom stereocenters. The lowest BCUT2D eigenvalue weighted by atomic mass is 10.0. The van der Waals surface area contributed by atoms with Gasteiger partial charge in [0.25, 0.3) is 5.91 Å². The monoisotopic (exact) mass is 402 g/mol. The number of nitrogens with zero attached hydrogens (tertiary/aromatic N) is 2. The Morgan fingerprint density at radius 2 is 1.83 bits per heavy atom. The lowest BCUT2D eigenvalue weighted by Gasteiger charge is -2.16. The number of carbonyl (C=O) groups excluding carboxylic acids is 2. The van der Waals surface area contributed by atoms with Gasteiger partial charge in [-0.3, -0.25) is 9.78 Å². The van der Waals surface area contributed by atoms with Crippen LogP contribution in [0.5, 0.6) is 0 Å². The van der Waals surface area contributed by atoms with E-state index in [1.165, 1.54) is 0 Å². The second-order valence-electron chi connectivity index (χ2n) is 7.84. The lowest BCUT2D eigenvalue weighted by molar-refractivity contribution is 0.0952. The Kier molecular flexibility index (Phi) is 5.65. The minimum absolute atomic E-state index is 0.0669. The molecule has 2 aromatic carbocycles. The zero-order chi connectivity index (χ0) is 21.1. The average molecular weight is 402 g/mol. The van der Waals surface area contributed by atoms with Gasteiger partial charge in [-0.25, -0.2) is 4.79 Å². The van der Waals surface area contributed by atoms with Crippen molar-refractivity contribution >= 4 is 28.5 Å². The van der Waals surface area contributed by atoms with Gasteiger partial charge in [-0.15, -0.1) is 0 Å². The second kappa shape index (κ2) is 8.53. The summed E-state index contributed by atoms with van der Waals surface area (Å²) in [5.74, 6) is -0.136. The number of anilines is 1. The first-order valence-electron chi connectivity index (χ1n) is 10.3. The van der Waals surface area contributed by atoms with Gasteiger partial charge in [-0.05, 0) is 62.6 Å². The number of aromatic nitrogens is 1. The second-order valence-corrected chi connectivity index (χ2v) is 7.84. The lowest BCUT2D eigenvalue weighted by Crippen LogP contribution is -2.32. The molecule has 1 aromatic heterocycles. The molecular formula is C24H26N4O2. The largest absolute Gasteiger partial charge is 0.348 e. The molecule has 3 amide bonds. The minimum Gasteiger partial charge on any atom is -0.348 e. The molecule has 30 heavy (non-hydrogen) atoms. The van der Waals surface area contributed by atoms with E-state index in [1.54, 1.807) is 0 Å². The van der Waals surface area contributed by atoms with Crippen molar-refractivity contribution in [1.29, 1.82) is 0 Å². The first kappa shape index (κ1) is 19.9. The van der Waals surface area contributed by atoms with Crippen LogP contribution in [0, 0.1) is 13.8 Å². The number of benzene rings is 2. The van der Waals surface area contributed by atoms with E-state index in [1.807, 2.05) is 67.3 Å². The van der Waals surface area contributed by atoms with Crippen LogP contribution in [0.15, 0.2) is 48.5 Å². The number of amides is 3. The summed E-state index contributed by atoms with van der Waals surface area (Å²) in [6, 6.07) is 15.3. The van der Waals surface area contributed by atoms with Crippen LogP contribution >= 0.6 is 0 Å². The van der Waals surface area contributed by atoms with E-state index >= 15 is 0 Å². The summed E-state index contributed by atoms with van der Waals surface area (Å²) in [6.45, 7) is 5.88. The van der Waals surface area contributed by atoms with Crippen LogP contribution in [0.3, 0.4) is 0 Å². The Hall–Kier alpha value is -3.41. The van der Waals surface area contributed by atoms with Crippen molar-refractivity contribution < 1.29 is 9.59 Å². The quantitative estimate of drug-likeness (QED) is 0.679. The van der Waals surface area contributed by atoms with Gasteiger partial charge in [0.15, 0.2) is 0 Å². The highest BCUT2D eigenvalue weighted by Gasteiger charge is 2.18. The van der Waals surface area contributed by atoms with E-state index in [9.17, 15) is 9.59 Å². The molecule has 0 spiro atoms. The number of hydrogen-bond donors (Lipinski definition) is 2. The van der Waals surface area contributed by atoms with Gasteiger partial charge in [0.05, 0.1) is 11.1 Å². The fourth-order valence-electron chi connectivity index (χ4n) is 3.82. The van der Waals surface area contributed by atoms with E-state index in [0.717, 1.165) is 59.3 Å². The van der Waals surface area contributed by atoms with Crippen LogP contribution in [-0.4, -0.2) is 34.9 Å². The van der Waals surface area contributed by atoms with E-state index < -0.39 is 0 Å². The Labute approximate surface area is 176 Å². The molecule has 0 atom stereocenters. The number of aryl methyl sites for hydroxylation is 2. The summed E-state index contributed by atoms with van der Waals surface area (Å²) in [5, 5.41) is 6.80. The minimum atomic E-state index is -0.136. The standard InChI is InChI=1S/C24H26N4O2/c1-16-8-9-22-20(12-16)21(13-17(2)26-22)23(29)25-15-18-6-5-7-19(14-18)27-24(30)28-10-3-4-11-28/h5-9,12-14H,3-4,10-11,15H2,1-2H3,(H,25,29)(H,27,30). The normalized spacial score (nSPS) is 13.5. The summed E-state index contributed by atoms with van der Waals surface area (Å²) in [4.78, 5) is 31.6. The number of fused-ring (bicyclic) bond motifs is 1. The van der Waals surface area contributed by atoms with Gasteiger partial charge in [0.1, 0.15) is 0 Å². The highest BCUT2D eigenvalue weighted by atomic mass is 16.2. The molecule has 0 bridgehead atoms. The van der Waals surface area contributed by atoms with Crippen molar-refractivity contribution in [3.8, 4) is 0 Å². The summed E-state index contributed by atoms with van der Waals surface area (Å²) >= 11 is 0. The maximum absolute atomic E-state index is 12.9. The van der Waals surface area contributed by atoms with Crippen LogP contribution < -0.4 is 10.6 Å². The predicted molar refractivity (Wildman–Crippen MR) is 119 cm³/mol. The summed E-state index contributed by atoms with van der Waals surface area (Å²) in [6.07, 6.45) is 2.12. The molecule has 3 aromatic rings. The average Bonchev–Trinajstić information content (AvgIpc) is 3.27. The fraction of sp³-hybridized carbons (Fsp3) is 0.292. The van der Waals surface area contributed by atoms with Crippen molar-refractivity contribution in [3.63, 3.8) is 0 Å². The smallest absolute Gasteiger partial charge is 0.321 e. The number of likely N-dealkylation sites (tertiary alicyclic amines) is 1. The van der Waals surface area contributed by atoms with Gasteiger partial charge in [-0.2, -0.15) is 0 Å². The van der Waals surface area contributed by atoms with E-state index in [4.69, 9.17) is 0 Å². The molecule has 1 saturated heterocycles. The first-order valence-corrected chi connectivity index (χ1v) is 10.3. The molecule has 154 valence electrons. The van der Waals surface area contributed by atoms with Crippen molar-refractivity contribution in [1.82, 2.24) is 15.2 Å². The van der Waals surface area contributed by atoms with Crippen LogP contribution in [0.1, 0.15) is 40.0 Å². The SMILES string of the molecule is Cc1ccc2nc(C)cc(C(=O)NCc3cccc(NC(=O)N4CCCC4)c3)c2c1. The molecule has 6 heteroatoms. The predicted octanol–water partition coefficient (Wildman–Crippen LogP) is 4.41. The molecule has 0 saturated carbocycles. The van der Waals surface area contributed by atoms with E-state index in [0.29, 0.717) is 12.1 Å².